The largest absolute Gasteiger partial charge is 0.508 e. The molecule has 1 aliphatic heterocycles. The highest BCUT2D eigenvalue weighted by atomic mass is 32.1. The Labute approximate surface area is 232 Å². The van der Waals surface area contributed by atoms with Gasteiger partial charge in [-0.2, -0.15) is 0 Å². The van der Waals surface area contributed by atoms with E-state index in [1.165, 1.54) is 16.2 Å². The molecule has 1 aliphatic carbocycles. The number of amides is 3. The van der Waals surface area contributed by atoms with Crippen LogP contribution in [0.15, 0.2) is 23.7 Å². The SMILES string of the molecule is [C-]#[N+]C1(CC(=O)N[C@H](C(=O)N2C[C@H](O)C[C@H]2C(=O)NCc2ccc(-c3scnc3C)cc2O)C(C)(C)C)CC1. The number of aryl methyl sites for hydroxylation is 1. The molecule has 1 aromatic carbocycles. The van der Waals surface area contributed by atoms with Gasteiger partial charge in [-0.15, -0.1) is 11.3 Å². The van der Waals surface area contributed by atoms with Crippen LogP contribution in [0.5, 0.6) is 5.75 Å². The van der Waals surface area contributed by atoms with Crippen molar-refractivity contribution >= 4 is 29.1 Å². The first-order valence-electron chi connectivity index (χ1n) is 13.0. The molecule has 10 nitrogen and oxygen atoms in total. The number of benzene rings is 1. The first kappa shape index (κ1) is 28.5. The standard InChI is InChI=1S/C28H35N5O5S/c1-16-23(39-15-31-16)17-6-7-18(21(35)10-17)13-30-25(37)20-11-19(34)14-33(20)26(38)24(27(2,3)4)32-22(36)12-28(29-5)8-9-28/h6-7,10,15,19-20,24,34-35H,8-9,11-14H2,1-4H3,(H,30,37)(H,32,36)/t19-,20+,24-/m1/s1. The Balaban J connectivity index is 1.43. The molecule has 3 amide bonds. The van der Waals surface area contributed by atoms with E-state index in [1.807, 2.05) is 33.8 Å². The Morgan fingerprint density at radius 1 is 1.31 bits per heavy atom. The molecule has 39 heavy (non-hydrogen) atoms. The Kier molecular flexibility index (Phi) is 8.00. The number of aliphatic hydroxyl groups excluding tert-OH is 1. The fraction of sp³-hybridized carbons (Fsp3) is 0.536. The quantitative estimate of drug-likeness (QED) is 0.371. The minimum atomic E-state index is -0.932. The second kappa shape index (κ2) is 10.9. The van der Waals surface area contributed by atoms with Crippen LogP contribution in [0.2, 0.25) is 0 Å². The highest BCUT2D eigenvalue weighted by molar-refractivity contribution is 7.13. The van der Waals surface area contributed by atoms with Gasteiger partial charge in [-0.05, 0) is 24.0 Å². The molecule has 208 valence electrons. The minimum Gasteiger partial charge on any atom is -0.508 e. The van der Waals surface area contributed by atoms with Crippen LogP contribution in [0.3, 0.4) is 0 Å². The minimum absolute atomic E-state index is 0.0283. The molecule has 1 aromatic heterocycles. The summed E-state index contributed by atoms with van der Waals surface area (Å²) < 4.78 is 0. The van der Waals surface area contributed by atoms with Crippen LogP contribution >= 0.6 is 11.3 Å². The molecule has 0 radical (unpaired) electrons. The molecule has 2 aliphatic rings. The average molecular weight is 554 g/mol. The number of aliphatic hydroxyl groups is 1. The van der Waals surface area contributed by atoms with Crippen molar-refractivity contribution in [1.82, 2.24) is 20.5 Å². The fourth-order valence-corrected chi connectivity index (χ4v) is 5.64. The monoisotopic (exact) mass is 553 g/mol. The topological polar surface area (TPSA) is 136 Å². The summed E-state index contributed by atoms with van der Waals surface area (Å²) in [7, 11) is 0. The number of β-amino-alcohol motifs (C(OH)–C–C–N with tert-alkyl or cyclic N) is 1. The van der Waals surface area contributed by atoms with Gasteiger partial charge in [0.2, 0.25) is 23.3 Å². The molecule has 3 atom stereocenters. The number of thiazole rings is 1. The van der Waals surface area contributed by atoms with Crippen molar-refractivity contribution in [3.8, 4) is 16.2 Å². The van der Waals surface area contributed by atoms with E-state index in [2.05, 4.69) is 20.5 Å². The van der Waals surface area contributed by atoms with Crippen LogP contribution < -0.4 is 10.6 Å². The zero-order valence-corrected chi connectivity index (χ0v) is 23.5. The second-order valence-electron chi connectivity index (χ2n) is 11.6. The summed E-state index contributed by atoms with van der Waals surface area (Å²) in [6, 6.07) is 3.37. The van der Waals surface area contributed by atoms with Gasteiger partial charge in [0.15, 0.2) is 0 Å². The number of rotatable bonds is 8. The number of carbonyl (C=O) groups excluding carboxylic acids is 3. The number of aromatic hydroxyl groups is 1. The van der Waals surface area contributed by atoms with E-state index in [9.17, 15) is 24.6 Å². The van der Waals surface area contributed by atoms with E-state index < -0.39 is 41.0 Å². The molecule has 4 rings (SSSR count). The molecule has 0 unspecified atom stereocenters. The third-order valence-electron chi connectivity index (χ3n) is 7.38. The van der Waals surface area contributed by atoms with E-state index in [4.69, 9.17) is 6.57 Å². The third-order valence-corrected chi connectivity index (χ3v) is 8.36. The average Bonchev–Trinajstić information content (AvgIpc) is 3.31. The number of nitrogens with one attached hydrogen (secondary N) is 2. The summed E-state index contributed by atoms with van der Waals surface area (Å²) in [4.78, 5) is 49.7. The number of nitrogens with zero attached hydrogens (tertiary/aromatic N) is 3. The molecule has 0 bridgehead atoms. The molecule has 2 fully saturated rings. The van der Waals surface area contributed by atoms with Crippen molar-refractivity contribution in [3.63, 3.8) is 0 Å². The lowest BCUT2D eigenvalue weighted by molar-refractivity contribution is -0.144. The summed E-state index contributed by atoms with van der Waals surface area (Å²) in [5.74, 6) is -1.24. The summed E-state index contributed by atoms with van der Waals surface area (Å²) >= 11 is 1.48. The van der Waals surface area contributed by atoms with E-state index in [-0.39, 0.29) is 37.6 Å². The Morgan fingerprint density at radius 2 is 2.03 bits per heavy atom. The molecular formula is C28H35N5O5S. The van der Waals surface area contributed by atoms with Crippen molar-refractivity contribution in [2.24, 2.45) is 5.41 Å². The van der Waals surface area contributed by atoms with Gasteiger partial charge in [0.05, 0.1) is 22.2 Å². The van der Waals surface area contributed by atoms with E-state index in [0.29, 0.717) is 18.4 Å². The van der Waals surface area contributed by atoms with Gasteiger partial charge in [-0.3, -0.25) is 14.4 Å². The smallest absolute Gasteiger partial charge is 0.246 e. The molecule has 2 heterocycles. The number of phenolic OH excluding ortho intramolecular Hbond substituents is 1. The Morgan fingerprint density at radius 3 is 2.59 bits per heavy atom. The molecule has 11 heteroatoms. The predicted octanol–water partition coefficient (Wildman–Crippen LogP) is 2.78. The van der Waals surface area contributed by atoms with Gasteiger partial charge >= 0.3 is 0 Å². The molecular weight excluding hydrogens is 518 g/mol. The van der Waals surface area contributed by atoms with Crippen LogP contribution in [0.4, 0.5) is 0 Å². The van der Waals surface area contributed by atoms with Crippen molar-refractivity contribution < 1.29 is 24.6 Å². The maximum absolute atomic E-state index is 13.7. The first-order chi connectivity index (χ1) is 18.3. The van der Waals surface area contributed by atoms with Crippen LogP contribution in [0, 0.1) is 18.9 Å². The summed E-state index contributed by atoms with van der Waals surface area (Å²) in [5, 5.41) is 26.5. The van der Waals surface area contributed by atoms with E-state index in [1.54, 1.807) is 17.6 Å². The fourth-order valence-electron chi connectivity index (χ4n) is 4.84. The molecule has 1 saturated carbocycles. The Bertz CT molecular complexity index is 1310. The lowest BCUT2D eigenvalue weighted by atomic mass is 9.85. The summed E-state index contributed by atoms with van der Waals surface area (Å²) in [6.07, 6.45) is 0.559. The number of aromatic nitrogens is 1. The number of likely N-dealkylation sites (tertiary alicyclic amines) is 1. The van der Waals surface area contributed by atoms with Crippen LogP contribution in [-0.2, 0) is 20.9 Å². The maximum atomic E-state index is 13.7. The van der Waals surface area contributed by atoms with E-state index >= 15 is 0 Å². The zero-order chi connectivity index (χ0) is 28.5. The number of phenols is 1. The van der Waals surface area contributed by atoms with Crippen LogP contribution in [0.25, 0.3) is 15.3 Å². The lowest BCUT2D eigenvalue weighted by Gasteiger charge is -2.35. The van der Waals surface area contributed by atoms with Gasteiger partial charge in [0, 0.05) is 37.9 Å². The zero-order valence-electron chi connectivity index (χ0n) is 22.7. The van der Waals surface area contributed by atoms with Gasteiger partial charge in [0.25, 0.3) is 0 Å². The van der Waals surface area contributed by atoms with Crippen LogP contribution in [0.1, 0.15) is 57.7 Å². The predicted molar refractivity (Wildman–Crippen MR) is 146 cm³/mol. The molecule has 0 spiro atoms. The summed E-state index contributed by atoms with van der Waals surface area (Å²) in [5.41, 5.74) is 2.63. The third kappa shape index (κ3) is 6.40. The van der Waals surface area contributed by atoms with Crippen molar-refractivity contribution in [2.75, 3.05) is 6.54 Å². The van der Waals surface area contributed by atoms with Crippen molar-refractivity contribution in [2.45, 2.75) is 83.6 Å². The summed E-state index contributed by atoms with van der Waals surface area (Å²) in [6.45, 7) is 14.7. The van der Waals surface area contributed by atoms with E-state index in [0.717, 1.165) is 16.1 Å². The Hall–Kier alpha value is -3.49. The number of hydrogen-bond acceptors (Lipinski definition) is 7. The van der Waals surface area contributed by atoms with Gasteiger partial charge in [-0.25, -0.2) is 11.6 Å². The number of carbonyl (C=O) groups is 3. The van der Waals surface area contributed by atoms with Crippen LogP contribution in [-0.4, -0.2) is 68.1 Å². The second-order valence-corrected chi connectivity index (χ2v) is 12.5. The highest BCUT2D eigenvalue weighted by Crippen LogP contribution is 2.43. The van der Waals surface area contributed by atoms with Gasteiger partial charge < -0.3 is 30.6 Å². The highest BCUT2D eigenvalue weighted by Gasteiger charge is 2.53. The number of hydrogen-bond donors (Lipinski definition) is 4. The first-order valence-corrected chi connectivity index (χ1v) is 13.9. The van der Waals surface area contributed by atoms with Crippen molar-refractivity contribution in [1.29, 1.82) is 0 Å². The maximum Gasteiger partial charge on any atom is 0.246 e. The molecule has 1 saturated heterocycles. The molecule has 4 N–H and O–H groups in total. The van der Waals surface area contributed by atoms with Gasteiger partial charge in [0.1, 0.15) is 24.3 Å². The van der Waals surface area contributed by atoms with Gasteiger partial charge in [-0.1, -0.05) is 32.9 Å². The molecule has 2 aromatic rings. The normalized spacial score (nSPS) is 20.7. The van der Waals surface area contributed by atoms with Crippen molar-refractivity contribution in [3.05, 3.63) is 46.4 Å². The lowest BCUT2D eigenvalue weighted by Crippen LogP contribution is -2.58.